The van der Waals surface area contributed by atoms with Gasteiger partial charge in [0, 0.05) is 12.4 Å². The van der Waals surface area contributed by atoms with Crippen LogP contribution in [0.5, 0.6) is 0 Å². The lowest BCUT2D eigenvalue weighted by Crippen LogP contribution is -2.39. The van der Waals surface area contributed by atoms with Crippen LogP contribution in [-0.2, 0) is 14.3 Å². The van der Waals surface area contributed by atoms with Crippen molar-refractivity contribution in [1.82, 2.24) is 5.32 Å². The minimum atomic E-state index is -0.592. The molecule has 6 heteroatoms. The van der Waals surface area contributed by atoms with E-state index in [4.69, 9.17) is 22.1 Å². The van der Waals surface area contributed by atoms with Gasteiger partial charge in [-0.05, 0) is 13.8 Å². The first-order valence-electron chi connectivity index (χ1n) is 4.60. The minimum Gasteiger partial charge on any atom is -0.370 e. The Balaban J connectivity index is 3.60. The summed E-state index contributed by atoms with van der Waals surface area (Å²) in [5, 5.41) is 2.65. The molecular weight excluding hydrogens is 220 g/mol. The van der Waals surface area contributed by atoms with Crippen molar-refractivity contribution in [1.29, 1.82) is 0 Å². The maximum atomic E-state index is 11.5. The average Bonchev–Trinajstić information content (AvgIpc) is 2.16. The Bertz CT molecular complexity index is 231. The number of hydrogen-bond donors (Lipinski definition) is 2. The highest BCUT2D eigenvalue weighted by Crippen LogP contribution is 2.16. The highest BCUT2D eigenvalue weighted by Gasteiger charge is 2.25. The second-order valence-electron chi connectivity index (χ2n) is 3.79. The molecule has 0 fully saturated rings. The molecule has 0 aromatic carbocycles. The average molecular weight is 237 g/mol. The molecule has 0 saturated heterocycles. The van der Waals surface area contributed by atoms with Crippen molar-refractivity contribution in [2.24, 2.45) is 11.1 Å². The van der Waals surface area contributed by atoms with Crippen LogP contribution in [0.15, 0.2) is 0 Å². The number of nitrogens with two attached hydrogens (primary N) is 1. The number of amides is 2. The fourth-order valence-electron chi connectivity index (χ4n) is 0.709. The van der Waals surface area contributed by atoms with E-state index < -0.39 is 11.3 Å². The maximum Gasteiger partial charge on any atom is 0.243 e. The summed E-state index contributed by atoms with van der Waals surface area (Å²) in [4.78, 5) is 21.7. The molecule has 2 amide bonds. The van der Waals surface area contributed by atoms with E-state index in [2.05, 4.69) is 5.32 Å². The highest BCUT2D eigenvalue weighted by atomic mass is 35.5. The van der Waals surface area contributed by atoms with Gasteiger partial charge >= 0.3 is 0 Å². The van der Waals surface area contributed by atoms with Gasteiger partial charge in [0.15, 0.2) is 0 Å². The van der Waals surface area contributed by atoms with E-state index in [1.807, 2.05) is 0 Å². The number of ether oxygens (including phenoxy) is 1. The summed E-state index contributed by atoms with van der Waals surface area (Å²) in [5.41, 5.74) is 4.26. The molecule has 0 aromatic rings. The minimum absolute atomic E-state index is 0.130. The molecule has 0 saturated carbocycles. The van der Waals surface area contributed by atoms with Crippen LogP contribution in [0.25, 0.3) is 0 Å². The van der Waals surface area contributed by atoms with Crippen LogP contribution in [-0.4, -0.2) is 37.5 Å². The zero-order valence-electron chi connectivity index (χ0n) is 9.01. The number of primary amides is 1. The van der Waals surface area contributed by atoms with Gasteiger partial charge < -0.3 is 15.8 Å². The predicted octanol–water partition coefficient (Wildman–Crippen LogP) is -0.130. The smallest absolute Gasteiger partial charge is 0.243 e. The Hall–Kier alpha value is -0.810. The summed E-state index contributed by atoms with van der Waals surface area (Å²) < 4.78 is 4.87. The first-order valence-corrected chi connectivity index (χ1v) is 5.14. The quantitative estimate of drug-likeness (QED) is 0.477. The Morgan fingerprint density at radius 3 is 2.53 bits per heavy atom. The van der Waals surface area contributed by atoms with Gasteiger partial charge in [-0.3, -0.25) is 9.59 Å². The predicted molar refractivity (Wildman–Crippen MR) is 57.5 cm³/mol. The van der Waals surface area contributed by atoms with Gasteiger partial charge in [-0.1, -0.05) is 0 Å². The highest BCUT2D eigenvalue weighted by molar-refractivity contribution is 6.19. The van der Waals surface area contributed by atoms with Crippen molar-refractivity contribution in [2.45, 2.75) is 13.8 Å². The van der Waals surface area contributed by atoms with Crippen molar-refractivity contribution >= 4 is 23.4 Å². The Morgan fingerprint density at radius 1 is 1.47 bits per heavy atom. The molecule has 0 aliphatic carbocycles. The molecule has 0 aromatic heterocycles. The number of halogens is 1. The lowest BCUT2D eigenvalue weighted by Gasteiger charge is -2.20. The van der Waals surface area contributed by atoms with E-state index in [9.17, 15) is 9.59 Å². The van der Waals surface area contributed by atoms with E-state index in [-0.39, 0.29) is 25.0 Å². The lowest BCUT2D eigenvalue weighted by molar-refractivity contribution is -0.128. The largest absolute Gasteiger partial charge is 0.370 e. The van der Waals surface area contributed by atoms with Crippen LogP contribution in [0.3, 0.4) is 0 Å². The van der Waals surface area contributed by atoms with Crippen molar-refractivity contribution in [2.75, 3.05) is 25.6 Å². The summed E-state index contributed by atoms with van der Waals surface area (Å²) in [6, 6.07) is 0. The zero-order chi connectivity index (χ0) is 11.9. The third kappa shape index (κ3) is 6.30. The Morgan fingerprint density at radius 2 is 2.07 bits per heavy atom. The van der Waals surface area contributed by atoms with Crippen molar-refractivity contribution in [3.05, 3.63) is 0 Å². The molecule has 3 N–H and O–H groups in total. The molecule has 15 heavy (non-hydrogen) atoms. The molecule has 0 aliphatic rings. The fraction of sp³-hybridized carbons (Fsp3) is 0.778. The van der Waals surface area contributed by atoms with Crippen LogP contribution in [0.1, 0.15) is 13.8 Å². The van der Waals surface area contributed by atoms with Crippen LogP contribution >= 0.6 is 11.6 Å². The summed E-state index contributed by atoms with van der Waals surface area (Å²) in [7, 11) is 0. The number of carbonyl (C=O) groups is 2. The van der Waals surface area contributed by atoms with Gasteiger partial charge in [0.1, 0.15) is 6.61 Å². The van der Waals surface area contributed by atoms with E-state index in [0.717, 1.165) is 0 Å². The van der Waals surface area contributed by atoms with Gasteiger partial charge in [0.2, 0.25) is 11.8 Å². The number of hydrogen-bond acceptors (Lipinski definition) is 3. The first-order chi connectivity index (χ1) is 6.90. The molecule has 88 valence electrons. The van der Waals surface area contributed by atoms with E-state index >= 15 is 0 Å². The molecule has 0 aliphatic heterocycles. The Kier molecular flexibility index (Phi) is 6.27. The van der Waals surface area contributed by atoms with E-state index in [0.29, 0.717) is 6.54 Å². The normalized spacial score (nSPS) is 11.1. The lowest BCUT2D eigenvalue weighted by atomic mass is 9.95. The molecule has 0 radical (unpaired) electrons. The molecule has 0 unspecified atom stereocenters. The number of alkyl halides is 1. The van der Waals surface area contributed by atoms with Gasteiger partial charge in [0.05, 0.1) is 12.0 Å². The monoisotopic (exact) mass is 236 g/mol. The van der Waals surface area contributed by atoms with Gasteiger partial charge in [-0.25, -0.2) is 0 Å². The number of rotatable bonds is 7. The van der Waals surface area contributed by atoms with Crippen molar-refractivity contribution < 1.29 is 14.3 Å². The third-order valence-corrected chi connectivity index (χ3v) is 2.39. The van der Waals surface area contributed by atoms with Gasteiger partial charge in [-0.15, -0.1) is 11.6 Å². The SMILES string of the molecule is CC(C)(CCl)C(=O)NCCOCC(N)=O. The first kappa shape index (κ1) is 14.2. The summed E-state index contributed by atoms with van der Waals surface area (Å²) in [6.07, 6.45) is 0. The fourth-order valence-corrected chi connectivity index (χ4v) is 0.831. The second-order valence-corrected chi connectivity index (χ2v) is 4.06. The zero-order valence-corrected chi connectivity index (χ0v) is 9.76. The van der Waals surface area contributed by atoms with Crippen LogP contribution < -0.4 is 11.1 Å². The standard InChI is InChI=1S/C9H17ClN2O3/c1-9(2,6-10)8(14)12-3-4-15-5-7(11)13/h3-6H2,1-2H3,(H2,11,13)(H,12,14). The summed E-state index contributed by atoms with van der Waals surface area (Å²) in [6.45, 7) is 3.97. The number of nitrogens with one attached hydrogen (secondary N) is 1. The van der Waals surface area contributed by atoms with E-state index in [1.165, 1.54) is 0 Å². The molecular formula is C9H17ClN2O3. The van der Waals surface area contributed by atoms with Gasteiger partial charge in [-0.2, -0.15) is 0 Å². The molecule has 5 nitrogen and oxygen atoms in total. The molecule has 0 spiro atoms. The van der Waals surface area contributed by atoms with E-state index in [1.54, 1.807) is 13.8 Å². The van der Waals surface area contributed by atoms with Crippen molar-refractivity contribution in [3.8, 4) is 0 Å². The van der Waals surface area contributed by atoms with Gasteiger partial charge in [0.25, 0.3) is 0 Å². The third-order valence-electron chi connectivity index (χ3n) is 1.73. The second kappa shape index (κ2) is 6.63. The van der Waals surface area contributed by atoms with Crippen LogP contribution in [0, 0.1) is 5.41 Å². The molecule has 0 atom stereocenters. The van der Waals surface area contributed by atoms with Crippen LogP contribution in [0.4, 0.5) is 0 Å². The molecule has 0 bridgehead atoms. The topological polar surface area (TPSA) is 81.4 Å². The van der Waals surface area contributed by atoms with Crippen LogP contribution in [0.2, 0.25) is 0 Å². The summed E-state index contributed by atoms with van der Waals surface area (Å²) in [5.74, 6) is -0.413. The maximum absolute atomic E-state index is 11.5. The summed E-state index contributed by atoms with van der Waals surface area (Å²) >= 11 is 5.62. The number of carbonyl (C=O) groups excluding carboxylic acids is 2. The Labute approximate surface area is 94.3 Å². The molecule has 0 heterocycles. The molecule has 0 rings (SSSR count). The van der Waals surface area contributed by atoms with Crippen molar-refractivity contribution in [3.63, 3.8) is 0 Å².